The molecule has 0 bridgehead atoms. The highest BCUT2D eigenvalue weighted by Gasteiger charge is 2.21. The smallest absolute Gasteiger partial charge is 0.374 e. The van der Waals surface area contributed by atoms with E-state index in [2.05, 4.69) is 49.6 Å². The van der Waals surface area contributed by atoms with E-state index in [-0.39, 0.29) is 0 Å². The first-order chi connectivity index (χ1) is 13.1. The summed E-state index contributed by atoms with van der Waals surface area (Å²) in [6.07, 6.45) is 13.7. The Morgan fingerprint density at radius 2 is 1.74 bits per heavy atom. The predicted molar refractivity (Wildman–Crippen MR) is 114 cm³/mol. The second kappa shape index (κ2) is 11.0. The average Bonchev–Trinajstić information content (AvgIpc) is 2.98. The molecule has 1 aromatic heterocycles. The molecule has 2 rings (SSSR count). The quantitative estimate of drug-likeness (QED) is 0.191. The molecule has 3 heteroatoms. The van der Waals surface area contributed by atoms with E-state index in [0.717, 1.165) is 23.6 Å². The van der Waals surface area contributed by atoms with Gasteiger partial charge in [0.2, 0.25) is 5.58 Å². The molecule has 2 aromatic rings. The van der Waals surface area contributed by atoms with Crippen molar-refractivity contribution in [3.05, 3.63) is 47.1 Å². The summed E-state index contributed by atoms with van der Waals surface area (Å²) in [6, 6.07) is 4.41. The Labute approximate surface area is 164 Å². The lowest BCUT2D eigenvalue weighted by atomic mass is 10.1. The van der Waals surface area contributed by atoms with Gasteiger partial charge in [-0.05, 0) is 63.0 Å². The van der Waals surface area contributed by atoms with Crippen LogP contribution in [0.3, 0.4) is 0 Å². The van der Waals surface area contributed by atoms with Crippen molar-refractivity contribution in [2.75, 3.05) is 6.61 Å². The number of allylic oxidation sites excluding steroid dienone is 2. The number of hydrogen-bond donors (Lipinski definition) is 0. The molecular weight excluding hydrogens is 334 g/mol. The number of oxazole rings is 1. The van der Waals surface area contributed by atoms with Crippen LogP contribution in [0.2, 0.25) is 0 Å². The van der Waals surface area contributed by atoms with Gasteiger partial charge in [0.15, 0.2) is 6.54 Å². The summed E-state index contributed by atoms with van der Waals surface area (Å²) in [5, 5.41) is 0. The van der Waals surface area contributed by atoms with Gasteiger partial charge in [-0.1, -0.05) is 32.6 Å². The minimum Gasteiger partial charge on any atom is -0.501 e. The molecule has 0 aliphatic heterocycles. The first-order valence-corrected chi connectivity index (χ1v) is 10.5. The standard InChI is InChI=1S/C24H36NO2/c1-6-8-9-10-11-12-15-25-22-16-20(4)21(5)17-23(22)27-24(25)14-13-19(3)18-26-7-2/h13-14,16-18H,6-12,15H2,1-5H3/q+1. The molecule has 0 radical (unpaired) electrons. The van der Waals surface area contributed by atoms with Crippen molar-refractivity contribution in [2.24, 2.45) is 0 Å². The van der Waals surface area contributed by atoms with Crippen LogP contribution in [0, 0.1) is 13.8 Å². The number of rotatable bonds is 11. The molecule has 1 heterocycles. The normalized spacial score (nSPS) is 12.4. The van der Waals surface area contributed by atoms with Crippen LogP contribution in [0.4, 0.5) is 0 Å². The molecule has 0 spiro atoms. The van der Waals surface area contributed by atoms with Crippen molar-refractivity contribution < 1.29 is 13.7 Å². The van der Waals surface area contributed by atoms with Gasteiger partial charge in [0.1, 0.15) is 0 Å². The van der Waals surface area contributed by atoms with Crippen molar-refractivity contribution >= 4 is 17.2 Å². The lowest BCUT2D eigenvalue weighted by Gasteiger charge is -2.00. The van der Waals surface area contributed by atoms with Crippen LogP contribution in [0.15, 0.2) is 34.5 Å². The second-order valence-corrected chi connectivity index (χ2v) is 7.41. The van der Waals surface area contributed by atoms with Crippen LogP contribution in [0.5, 0.6) is 0 Å². The maximum Gasteiger partial charge on any atom is 0.374 e. The summed E-state index contributed by atoms with van der Waals surface area (Å²) in [6.45, 7) is 12.3. The Morgan fingerprint density at radius 3 is 2.48 bits per heavy atom. The largest absolute Gasteiger partial charge is 0.501 e. The Kier molecular flexibility index (Phi) is 8.63. The molecule has 0 aliphatic rings. The van der Waals surface area contributed by atoms with Crippen LogP contribution in [-0.2, 0) is 11.3 Å². The van der Waals surface area contributed by atoms with E-state index in [0.29, 0.717) is 6.61 Å². The molecular formula is C24H36NO2+. The zero-order chi connectivity index (χ0) is 19.6. The summed E-state index contributed by atoms with van der Waals surface area (Å²) >= 11 is 0. The maximum absolute atomic E-state index is 6.19. The van der Waals surface area contributed by atoms with Crippen molar-refractivity contribution in [1.82, 2.24) is 0 Å². The third-order valence-corrected chi connectivity index (χ3v) is 5.01. The number of aromatic nitrogens is 1. The van der Waals surface area contributed by atoms with Crippen LogP contribution < -0.4 is 4.57 Å². The lowest BCUT2D eigenvalue weighted by Crippen LogP contribution is -2.35. The van der Waals surface area contributed by atoms with Crippen molar-refractivity contribution in [2.45, 2.75) is 79.7 Å². The number of nitrogens with zero attached hydrogens (tertiary/aromatic N) is 1. The van der Waals surface area contributed by atoms with Gasteiger partial charge in [0.05, 0.1) is 18.9 Å². The van der Waals surface area contributed by atoms with Crippen LogP contribution >= 0.6 is 0 Å². The number of aryl methyl sites for hydroxylation is 3. The SMILES string of the molecule is CCCCCCCC[n+]1c(C=CC(C)=COCC)oc2cc(C)c(C)cc21. The van der Waals surface area contributed by atoms with Crippen molar-refractivity contribution in [1.29, 1.82) is 0 Å². The minimum absolute atomic E-state index is 0.687. The number of unbranched alkanes of at least 4 members (excludes halogenated alkanes) is 5. The lowest BCUT2D eigenvalue weighted by molar-refractivity contribution is -0.678. The van der Waals surface area contributed by atoms with Gasteiger partial charge in [-0.15, -0.1) is 0 Å². The van der Waals surface area contributed by atoms with E-state index in [1.807, 2.05) is 13.8 Å². The molecule has 0 unspecified atom stereocenters. The van der Waals surface area contributed by atoms with E-state index in [4.69, 9.17) is 9.15 Å². The summed E-state index contributed by atoms with van der Waals surface area (Å²) in [4.78, 5) is 0. The fourth-order valence-corrected chi connectivity index (χ4v) is 3.22. The topological polar surface area (TPSA) is 26.2 Å². The number of hydrogen-bond acceptors (Lipinski definition) is 2. The Hall–Kier alpha value is -2.03. The van der Waals surface area contributed by atoms with Gasteiger partial charge in [0.25, 0.3) is 5.52 Å². The Morgan fingerprint density at radius 1 is 1.04 bits per heavy atom. The molecule has 0 N–H and O–H groups in total. The predicted octanol–water partition coefficient (Wildman–Crippen LogP) is 6.65. The molecule has 27 heavy (non-hydrogen) atoms. The minimum atomic E-state index is 0.687. The summed E-state index contributed by atoms with van der Waals surface area (Å²) in [5.74, 6) is 0.910. The Balaban J connectivity index is 2.21. The number of ether oxygens (including phenoxy) is 1. The van der Waals surface area contributed by atoms with E-state index < -0.39 is 0 Å². The van der Waals surface area contributed by atoms with E-state index in [9.17, 15) is 0 Å². The zero-order valence-electron chi connectivity index (χ0n) is 17.8. The molecule has 0 aliphatic carbocycles. The maximum atomic E-state index is 6.19. The Bertz CT molecular complexity index is 783. The van der Waals surface area contributed by atoms with Crippen LogP contribution in [0.1, 0.15) is 76.3 Å². The first kappa shape index (κ1) is 21.3. The van der Waals surface area contributed by atoms with Gasteiger partial charge in [-0.3, -0.25) is 0 Å². The van der Waals surface area contributed by atoms with Crippen molar-refractivity contribution in [3.63, 3.8) is 0 Å². The van der Waals surface area contributed by atoms with Crippen LogP contribution in [0.25, 0.3) is 17.2 Å². The fraction of sp³-hybridized carbons (Fsp3) is 0.542. The van der Waals surface area contributed by atoms with Gasteiger partial charge < -0.3 is 9.15 Å². The second-order valence-electron chi connectivity index (χ2n) is 7.41. The molecule has 1 aromatic carbocycles. The highest BCUT2D eigenvalue weighted by Crippen LogP contribution is 2.20. The van der Waals surface area contributed by atoms with Crippen molar-refractivity contribution in [3.8, 4) is 0 Å². The van der Waals surface area contributed by atoms with E-state index in [1.165, 1.54) is 55.2 Å². The van der Waals surface area contributed by atoms with Gasteiger partial charge in [0, 0.05) is 12.5 Å². The summed E-state index contributed by atoms with van der Waals surface area (Å²) in [5.41, 5.74) is 5.82. The van der Waals surface area contributed by atoms with Gasteiger partial charge in [-0.2, -0.15) is 4.57 Å². The van der Waals surface area contributed by atoms with E-state index >= 15 is 0 Å². The third kappa shape index (κ3) is 6.27. The molecule has 0 fully saturated rings. The highest BCUT2D eigenvalue weighted by atomic mass is 16.5. The molecule has 0 saturated heterocycles. The van der Waals surface area contributed by atoms with E-state index in [1.54, 1.807) is 6.26 Å². The summed E-state index contributed by atoms with van der Waals surface area (Å²) in [7, 11) is 0. The molecule has 3 nitrogen and oxygen atoms in total. The highest BCUT2D eigenvalue weighted by molar-refractivity contribution is 5.72. The first-order valence-electron chi connectivity index (χ1n) is 10.5. The molecule has 148 valence electrons. The molecule has 0 amide bonds. The zero-order valence-corrected chi connectivity index (χ0v) is 17.8. The monoisotopic (exact) mass is 370 g/mol. The number of benzene rings is 1. The number of fused-ring (bicyclic) bond motifs is 1. The average molecular weight is 371 g/mol. The summed E-state index contributed by atoms with van der Waals surface area (Å²) < 4.78 is 13.9. The van der Waals surface area contributed by atoms with Crippen LogP contribution in [-0.4, -0.2) is 6.61 Å². The van der Waals surface area contributed by atoms with Gasteiger partial charge in [-0.25, -0.2) is 0 Å². The molecule has 0 atom stereocenters. The third-order valence-electron chi connectivity index (χ3n) is 5.01. The fourth-order valence-electron chi connectivity index (χ4n) is 3.22. The molecule has 0 saturated carbocycles. The van der Waals surface area contributed by atoms with Gasteiger partial charge >= 0.3 is 5.89 Å².